The van der Waals surface area contributed by atoms with Crippen LogP contribution in [0.25, 0.3) is 0 Å². The average molecular weight is 292 g/mol. The lowest BCUT2D eigenvalue weighted by atomic mass is 10.2. The summed E-state index contributed by atoms with van der Waals surface area (Å²) in [6, 6.07) is 1.93. The van der Waals surface area contributed by atoms with E-state index in [9.17, 15) is 9.59 Å². The molecule has 1 atom stereocenters. The van der Waals surface area contributed by atoms with Crippen LogP contribution >= 0.6 is 11.3 Å². The molecule has 5 heteroatoms. The van der Waals surface area contributed by atoms with Crippen molar-refractivity contribution in [2.75, 3.05) is 6.54 Å². The maximum absolute atomic E-state index is 12.1. The Bertz CT molecular complexity index is 516. The van der Waals surface area contributed by atoms with Crippen LogP contribution in [0.1, 0.15) is 41.5 Å². The van der Waals surface area contributed by atoms with E-state index in [1.54, 1.807) is 0 Å². The quantitative estimate of drug-likeness (QED) is 0.843. The number of likely N-dealkylation sites (tertiary alicyclic amines) is 1. The van der Waals surface area contributed by atoms with Gasteiger partial charge in [0.1, 0.15) is 0 Å². The van der Waals surface area contributed by atoms with Gasteiger partial charge < -0.3 is 5.32 Å². The first-order chi connectivity index (χ1) is 9.69. The first-order valence-corrected chi connectivity index (χ1v) is 8.18. The minimum Gasteiger partial charge on any atom is -0.300 e. The number of amides is 2. The molecule has 1 unspecified atom stereocenters. The summed E-state index contributed by atoms with van der Waals surface area (Å²) in [6.45, 7) is 3.22. The summed E-state index contributed by atoms with van der Waals surface area (Å²) >= 11 is 1.85. The number of carbonyl (C=O) groups excluding carboxylic acids is 2. The zero-order valence-electron chi connectivity index (χ0n) is 11.8. The van der Waals surface area contributed by atoms with Crippen molar-refractivity contribution < 1.29 is 9.59 Å². The van der Waals surface area contributed by atoms with Gasteiger partial charge in [0.2, 0.25) is 11.8 Å². The van der Waals surface area contributed by atoms with Crippen LogP contribution in [0.5, 0.6) is 0 Å². The van der Waals surface area contributed by atoms with Gasteiger partial charge in [-0.25, -0.2) is 0 Å². The number of carbonyl (C=O) groups is 2. The highest BCUT2D eigenvalue weighted by Crippen LogP contribution is 2.30. The summed E-state index contributed by atoms with van der Waals surface area (Å²) in [5.41, 5.74) is 1.48. The van der Waals surface area contributed by atoms with Gasteiger partial charge in [-0.2, -0.15) is 0 Å². The smallest absolute Gasteiger partial charge is 0.246 e. The monoisotopic (exact) mass is 292 g/mol. The highest BCUT2D eigenvalue weighted by Gasteiger charge is 2.37. The Balaban J connectivity index is 1.58. The van der Waals surface area contributed by atoms with E-state index in [1.807, 2.05) is 18.3 Å². The zero-order valence-corrected chi connectivity index (χ0v) is 12.6. The lowest BCUT2D eigenvalue weighted by molar-refractivity contribution is -0.138. The van der Waals surface area contributed by atoms with Crippen LogP contribution in [-0.2, 0) is 29.0 Å². The Morgan fingerprint density at radius 3 is 3.00 bits per heavy atom. The second-order valence-electron chi connectivity index (χ2n) is 5.54. The van der Waals surface area contributed by atoms with Crippen molar-refractivity contribution >= 4 is 23.2 Å². The standard InChI is InChI=1S/C15H20N2O2S/c1-2-6-17-14(18)8-12(15(17)19)16-9-11-7-10-4-3-5-13(10)20-11/h7,12,16H,2-6,8-9H2,1H3. The molecule has 0 bridgehead atoms. The van der Waals surface area contributed by atoms with Crippen LogP contribution < -0.4 is 5.32 Å². The van der Waals surface area contributed by atoms with E-state index < -0.39 is 0 Å². The van der Waals surface area contributed by atoms with E-state index in [-0.39, 0.29) is 17.9 Å². The molecule has 1 N–H and O–H groups in total. The van der Waals surface area contributed by atoms with E-state index >= 15 is 0 Å². The highest BCUT2D eigenvalue weighted by atomic mass is 32.1. The van der Waals surface area contributed by atoms with Gasteiger partial charge in [0, 0.05) is 22.8 Å². The van der Waals surface area contributed by atoms with Crippen LogP contribution in [0.4, 0.5) is 0 Å². The minimum atomic E-state index is -0.328. The van der Waals surface area contributed by atoms with Gasteiger partial charge in [-0.15, -0.1) is 11.3 Å². The molecule has 0 spiro atoms. The van der Waals surface area contributed by atoms with Gasteiger partial charge in [0.15, 0.2) is 0 Å². The lowest BCUT2D eigenvalue weighted by Crippen LogP contribution is -2.38. The molecule has 1 fully saturated rings. The van der Waals surface area contributed by atoms with Crippen molar-refractivity contribution in [3.8, 4) is 0 Å². The van der Waals surface area contributed by atoms with Crippen molar-refractivity contribution in [3.63, 3.8) is 0 Å². The third-order valence-corrected chi connectivity index (χ3v) is 5.25. The molecule has 20 heavy (non-hydrogen) atoms. The largest absolute Gasteiger partial charge is 0.300 e. The number of fused-ring (bicyclic) bond motifs is 1. The molecule has 4 nitrogen and oxygen atoms in total. The molecule has 2 amide bonds. The normalized spacial score (nSPS) is 21.9. The summed E-state index contributed by atoms with van der Waals surface area (Å²) in [7, 11) is 0. The van der Waals surface area contributed by atoms with Gasteiger partial charge in [-0.1, -0.05) is 6.92 Å². The van der Waals surface area contributed by atoms with Crippen LogP contribution in [-0.4, -0.2) is 29.3 Å². The molecule has 1 aliphatic carbocycles. The molecule has 1 saturated heterocycles. The van der Waals surface area contributed by atoms with Crippen LogP contribution in [0.15, 0.2) is 6.07 Å². The van der Waals surface area contributed by atoms with Gasteiger partial charge in [0.25, 0.3) is 0 Å². The third kappa shape index (κ3) is 2.52. The molecule has 0 radical (unpaired) electrons. The van der Waals surface area contributed by atoms with Gasteiger partial charge >= 0.3 is 0 Å². The maximum atomic E-state index is 12.1. The zero-order chi connectivity index (χ0) is 14.1. The second kappa shape index (κ2) is 5.66. The summed E-state index contributed by atoms with van der Waals surface area (Å²) in [4.78, 5) is 28.1. The number of aryl methyl sites for hydroxylation is 2. The first kappa shape index (κ1) is 13.8. The number of nitrogens with zero attached hydrogens (tertiary/aromatic N) is 1. The topological polar surface area (TPSA) is 49.4 Å². The van der Waals surface area contributed by atoms with Crippen molar-refractivity contribution in [1.82, 2.24) is 10.2 Å². The average Bonchev–Trinajstić information content (AvgIpc) is 3.06. The number of hydrogen-bond donors (Lipinski definition) is 1. The molecular formula is C15H20N2O2S. The maximum Gasteiger partial charge on any atom is 0.246 e. The fraction of sp³-hybridized carbons (Fsp3) is 0.600. The Morgan fingerprint density at radius 1 is 1.40 bits per heavy atom. The van der Waals surface area contributed by atoms with Gasteiger partial charge in [-0.3, -0.25) is 14.5 Å². The molecule has 0 saturated carbocycles. The van der Waals surface area contributed by atoms with E-state index in [1.165, 1.54) is 39.5 Å². The predicted molar refractivity (Wildman–Crippen MR) is 78.6 cm³/mol. The summed E-state index contributed by atoms with van der Waals surface area (Å²) in [5, 5.41) is 3.25. The number of rotatable bonds is 5. The molecule has 1 aromatic heterocycles. The van der Waals surface area contributed by atoms with Crippen LogP contribution in [0.2, 0.25) is 0 Å². The number of thiophene rings is 1. The minimum absolute atomic E-state index is 0.0389. The second-order valence-corrected chi connectivity index (χ2v) is 6.76. The van der Waals surface area contributed by atoms with Gasteiger partial charge in [0.05, 0.1) is 12.5 Å². The van der Waals surface area contributed by atoms with Crippen molar-refractivity contribution in [3.05, 3.63) is 21.4 Å². The van der Waals surface area contributed by atoms with E-state index in [0.717, 1.165) is 6.42 Å². The SMILES string of the molecule is CCCN1C(=O)CC(NCc2cc3c(s2)CCC3)C1=O. The Morgan fingerprint density at radius 2 is 2.25 bits per heavy atom. The predicted octanol–water partition coefficient (Wildman–Crippen LogP) is 1.86. The molecule has 1 aliphatic heterocycles. The van der Waals surface area contributed by atoms with E-state index in [0.29, 0.717) is 19.5 Å². The molecule has 1 aromatic rings. The fourth-order valence-electron chi connectivity index (χ4n) is 3.00. The Hall–Kier alpha value is -1.20. The van der Waals surface area contributed by atoms with Crippen molar-refractivity contribution in [2.45, 2.75) is 51.6 Å². The molecule has 2 heterocycles. The first-order valence-electron chi connectivity index (χ1n) is 7.37. The number of nitrogens with one attached hydrogen (secondary N) is 1. The fourth-order valence-corrected chi connectivity index (χ4v) is 4.21. The number of imide groups is 1. The summed E-state index contributed by atoms with van der Waals surface area (Å²) < 4.78 is 0. The molecule has 108 valence electrons. The van der Waals surface area contributed by atoms with Crippen molar-refractivity contribution in [1.29, 1.82) is 0 Å². The molecule has 3 rings (SSSR count). The van der Waals surface area contributed by atoms with Crippen LogP contribution in [0.3, 0.4) is 0 Å². The molecule has 2 aliphatic rings. The summed E-state index contributed by atoms with van der Waals surface area (Å²) in [5.74, 6) is -0.0935. The Kier molecular flexibility index (Phi) is 3.89. The summed E-state index contributed by atoms with van der Waals surface area (Å²) in [6.07, 6.45) is 4.80. The van der Waals surface area contributed by atoms with Crippen LogP contribution in [0, 0.1) is 0 Å². The number of hydrogen-bond acceptors (Lipinski definition) is 4. The van der Waals surface area contributed by atoms with E-state index in [2.05, 4.69) is 11.4 Å². The van der Waals surface area contributed by atoms with Gasteiger partial charge in [-0.05, 0) is 37.3 Å². The Labute approximate surface area is 123 Å². The van der Waals surface area contributed by atoms with E-state index in [4.69, 9.17) is 0 Å². The lowest BCUT2D eigenvalue weighted by Gasteiger charge is -2.14. The third-order valence-electron chi connectivity index (χ3n) is 4.01. The molecule has 0 aromatic carbocycles. The highest BCUT2D eigenvalue weighted by molar-refractivity contribution is 7.12. The van der Waals surface area contributed by atoms with Crippen molar-refractivity contribution in [2.24, 2.45) is 0 Å². The molecular weight excluding hydrogens is 272 g/mol.